The molecule has 0 aliphatic carbocycles. The molecule has 2 aromatic carbocycles. The van der Waals surface area contributed by atoms with Crippen LogP contribution >= 0.6 is 0 Å². The maximum atomic E-state index is 8.49. The summed E-state index contributed by atoms with van der Waals surface area (Å²) in [5.74, 6) is 1.59. The van der Waals surface area contributed by atoms with Crippen molar-refractivity contribution in [3.8, 4) is 11.5 Å². The van der Waals surface area contributed by atoms with Crippen LogP contribution in [0, 0.1) is 6.92 Å². The molecule has 0 spiro atoms. The van der Waals surface area contributed by atoms with Gasteiger partial charge in [-0.25, -0.2) is 0 Å². The zero-order valence-electron chi connectivity index (χ0n) is 11.3. The summed E-state index contributed by atoms with van der Waals surface area (Å²) in [6.45, 7) is 2.94. The van der Waals surface area contributed by atoms with E-state index in [0.717, 1.165) is 22.6 Å². The third kappa shape index (κ3) is 4.02. The molecule has 20 heavy (non-hydrogen) atoms. The quantitative estimate of drug-likeness (QED) is 0.380. The van der Waals surface area contributed by atoms with Gasteiger partial charge in [0.15, 0.2) is 0 Å². The van der Waals surface area contributed by atoms with Crippen LogP contribution in [0.5, 0.6) is 11.5 Å². The molecular weight excluding hydrogens is 254 g/mol. The van der Waals surface area contributed by atoms with Gasteiger partial charge in [-0.3, -0.25) is 0 Å². The Hall–Kier alpha value is -2.49. The molecule has 0 saturated heterocycles. The fraction of sp³-hybridized carbons (Fsp3) is 0.188. The van der Waals surface area contributed by atoms with E-state index in [2.05, 4.69) is 5.16 Å². The summed E-state index contributed by atoms with van der Waals surface area (Å²) in [5.41, 5.74) is 1.89. The monoisotopic (exact) mass is 271 g/mol. The van der Waals surface area contributed by atoms with Crippen LogP contribution in [0.15, 0.2) is 53.7 Å². The second kappa shape index (κ2) is 7.19. The lowest BCUT2D eigenvalue weighted by molar-refractivity contribution is 0.216. The predicted octanol–water partition coefficient (Wildman–Crippen LogP) is 3.26. The van der Waals surface area contributed by atoms with E-state index in [1.54, 1.807) is 6.07 Å². The lowest BCUT2D eigenvalue weighted by Gasteiger charge is -2.10. The van der Waals surface area contributed by atoms with Crippen LogP contribution in [-0.4, -0.2) is 24.6 Å². The fourth-order valence-corrected chi connectivity index (χ4v) is 1.78. The number of nitrogens with zero attached hydrogens (tertiary/aromatic N) is 1. The summed E-state index contributed by atoms with van der Waals surface area (Å²) in [6, 6.07) is 15.2. The molecule has 0 unspecified atom stereocenters. The number of hydrogen-bond acceptors (Lipinski definition) is 4. The molecule has 0 aliphatic heterocycles. The van der Waals surface area contributed by atoms with Crippen LogP contribution in [0.25, 0.3) is 0 Å². The van der Waals surface area contributed by atoms with Gasteiger partial charge in [0.05, 0.1) is 6.21 Å². The van der Waals surface area contributed by atoms with Crippen molar-refractivity contribution in [1.29, 1.82) is 0 Å². The van der Waals surface area contributed by atoms with Crippen LogP contribution in [-0.2, 0) is 0 Å². The van der Waals surface area contributed by atoms with Crippen LogP contribution in [0.3, 0.4) is 0 Å². The molecule has 0 radical (unpaired) electrons. The number of ether oxygens (including phenoxy) is 2. The third-order valence-electron chi connectivity index (χ3n) is 2.77. The number of para-hydroxylation sites is 1. The first kappa shape index (κ1) is 13.9. The molecule has 0 amide bonds. The zero-order chi connectivity index (χ0) is 14.2. The van der Waals surface area contributed by atoms with Gasteiger partial charge < -0.3 is 14.7 Å². The Kier molecular flexibility index (Phi) is 5.00. The fourth-order valence-electron chi connectivity index (χ4n) is 1.78. The molecule has 0 heterocycles. The Morgan fingerprint density at radius 1 is 1.05 bits per heavy atom. The molecule has 0 saturated carbocycles. The van der Waals surface area contributed by atoms with Crippen molar-refractivity contribution in [2.24, 2.45) is 5.16 Å². The maximum Gasteiger partial charge on any atom is 0.122 e. The largest absolute Gasteiger partial charge is 0.490 e. The minimum absolute atomic E-state index is 0.452. The minimum Gasteiger partial charge on any atom is -0.490 e. The first-order valence-corrected chi connectivity index (χ1v) is 6.38. The molecule has 104 valence electrons. The van der Waals surface area contributed by atoms with Crippen molar-refractivity contribution in [2.45, 2.75) is 6.92 Å². The molecular formula is C16H17NO3. The van der Waals surface area contributed by atoms with Crippen LogP contribution in [0.2, 0.25) is 0 Å². The van der Waals surface area contributed by atoms with E-state index in [9.17, 15) is 0 Å². The summed E-state index contributed by atoms with van der Waals surface area (Å²) < 4.78 is 11.2. The Bertz CT molecular complexity index is 581. The van der Waals surface area contributed by atoms with Crippen molar-refractivity contribution in [1.82, 2.24) is 0 Å². The lowest BCUT2D eigenvalue weighted by atomic mass is 10.2. The van der Waals surface area contributed by atoms with Crippen molar-refractivity contribution < 1.29 is 14.7 Å². The predicted molar refractivity (Wildman–Crippen MR) is 78.0 cm³/mol. The van der Waals surface area contributed by atoms with E-state index in [0.29, 0.717) is 13.2 Å². The molecule has 0 aromatic heterocycles. The van der Waals surface area contributed by atoms with Crippen LogP contribution in [0.4, 0.5) is 0 Å². The average Bonchev–Trinajstić information content (AvgIpc) is 2.46. The summed E-state index contributed by atoms with van der Waals surface area (Å²) in [4.78, 5) is 0. The van der Waals surface area contributed by atoms with Gasteiger partial charge in [-0.1, -0.05) is 35.5 Å². The average molecular weight is 271 g/mol. The smallest absolute Gasteiger partial charge is 0.122 e. The van der Waals surface area contributed by atoms with E-state index in [-0.39, 0.29) is 0 Å². The number of hydrogen-bond donors (Lipinski definition) is 1. The van der Waals surface area contributed by atoms with E-state index in [1.807, 2.05) is 49.4 Å². The Morgan fingerprint density at radius 3 is 2.65 bits per heavy atom. The summed E-state index contributed by atoms with van der Waals surface area (Å²) in [7, 11) is 0. The highest BCUT2D eigenvalue weighted by molar-refractivity contribution is 5.79. The number of rotatable bonds is 6. The summed E-state index contributed by atoms with van der Waals surface area (Å²) >= 11 is 0. The number of oxime groups is 1. The molecule has 0 aliphatic rings. The minimum atomic E-state index is 0.452. The molecule has 1 N–H and O–H groups in total. The highest BCUT2D eigenvalue weighted by Gasteiger charge is 1.99. The van der Waals surface area contributed by atoms with Gasteiger partial charge in [0.1, 0.15) is 24.7 Å². The second-order valence-corrected chi connectivity index (χ2v) is 4.28. The van der Waals surface area contributed by atoms with Crippen LogP contribution < -0.4 is 9.47 Å². The van der Waals surface area contributed by atoms with Crippen molar-refractivity contribution in [3.05, 3.63) is 59.7 Å². The van der Waals surface area contributed by atoms with Gasteiger partial charge >= 0.3 is 0 Å². The van der Waals surface area contributed by atoms with E-state index < -0.39 is 0 Å². The zero-order valence-corrected chi connectivity index (χ0v) is 11.3. The molecule has 2 rings (SSSR count). The second-order valence-electron chi connectivity index (χ2n) is 4.28. The third-order valence-corrected chi connectivity index (χ3v) is 2.77. The normalized spacial score (nSPS) is 10.7. The molecule has 2 aromatic rings. The maximum absolute atomic E-state index is 8.49. The molecule has 4 nitrogen and oxygen atoms in total. The van der Waals surface area contributed by atoms with Gasteiger partial charge in [0.2, 0.25) is 0 Å². The van der Waals surface area contributed by atoms with Crippen LogP contribution in [0.1, 0.15) is 11.1 Å². The Labute approximate surface area is 118 Å². The van der Waals surface area contributed by atoms with E-state index >= 15 is 0 Å². The van der Waals surface area contributed by atoms with Gasteiger partial charge in [0.25, 0.3) is 0 Å². The van der Waals surface area contributed by atoms with Gasteiger partial charge in [-0.05, 0) is 36.2 Å². The number of benzene rings is 2. The first-order valence-electron chi connectivity index (χ1n) is 6.38. The van der Waals surface area contributed by atoms with Gasteiger partial charge in [-0.2, -0.15) is 0 Å². The summed E-state index contributed by atoms with van der Waals surface area (Å²) in [5, 5.41) is 11.5. The SMILES string of the molecule is Cc1ccccc1OCCOc1cccc(C=NO)c1. The lowest BCUT2D eigenvalue weighted by Crippen LogP contribution is -2.09. The summed E-state index contributed by atoms with van der Waals surface area (Å²) in [6.07, 6.45) is 1.36. The number of aryl methyl sites for hydroxylation is 1. The van der Waals surface area contributed by atoms with Gasteiger partial charge in [-0.15, -0.1) is 0 Å². The van der Waals surface area contributed by atoms with Crippen molar-refractivity contribution in [2.75, 3.05) is 13.2 Å². The Balaban J connectivity index is 1.81. The molecule has 0 fully saturated rings. The van der Waals surface area contributed by atoms with Crippen molar-refractivity contribution in [3.63, 3.8) is 0 Å². The van der Waals surface area contributed by atoms with Gasteiger partial charge in [0, 0.05) is 0 Å². The highest BCUT2D eigenvalue weighted by Crippen LogP contribution is 2.16. The molecule has 0 atom stereocenters. The van der Waals surface area contributed by atoms with E-state index in [1.165, 1.54) is 6.21 Å². The topological polar surface area (TPSA) is 51.0 Å². The standard InChI is InChI=1S/C16H17NO3/c1-13-5-2-3-8-16(13)20-10-9-19-15-7-4-6-14(11-15)12-17-18/h2-8,11-12,18H,9-10H2,1H3. The molecule has 4 heteroatoms. The molecule has 0 bridgehead atoms. The Morgan fingerprint density at radius 2 is 1.85 bits per heavy atom. The first-order chi connectivity index (χ1) is 9.79. The van der Waals surface area contributed by atoms with Crippen molar-refractivity contribution >= 4 is 6.21 Å². The highest BCUT2D eigenvalue weighted by atomic mass is 16.5. The van der Waals surface area contributed by atoms with E-state index in [4.69, 9.17) is 14.7 Å².